The van der Waals surface area contributed by atoms with Gasteiger partial charge >= 0.3 is 189 Å². The van der Waals surface area contributed by atoms with Crippen LogP contribution < -0.4 is 9.81 Å². The number of methoxy groups -OCH3 is 3. The van der Waals surface area contributed by atoms with Crippen LogP contribution in [0.15, 0.2) is 72.8 Å². The number of benzene rings is 3. The molecule has 0 atom stereocenters. The fourth-order valence-corrected chi connectivity index (χ4v) is 12.5. The van der Waals surface area contributed by atoms with Gasteiger partial charge in [0.25, 0.3) is 0 Å². The van der Waals surface area contributed by atoms with Gasteiger partial charge in [-0.2, -0.15) is 0 Å². The van der Waals surface area contributed by atoms with Crippen LogP contribution in [0.2, 0.25) is 0 Å². The Hall–Kier alpha value is -3.05. The van der Waals surface area contributed by atoms with E-state index < -0.39 is 39.7 Å². The van der Waals surface area contributed by atoms with Gasteiger partial charge in [-0.3, -0.25) is 0 Å². The summed E-state index contributed by atoms with van der Waals surface area (Å²) in [5, 5.41) is 0. The maximum absolute atomic E-state index is 12.1. The van der Waals surface area contributed by atoms with Crippen LogP contribution in [0.25, 0.3) is 0 Å². The summed E-state index contributed by atoms with van der Waals surface area (Å²) in [6.07, 6.45) is 0. The molecule has 0 aliphatic rings. The molecule has 0 heterocycles. The van der Waals surface area contributed by atoms with Gasteiger partial charge in [-0.15, -0.1) is 0 Å². The molecule has 0 aliphatic carbocycles. The third kappa shape index (κ3) is 5.17. The quantitative estimate of drug-likeness (QED) is 0.239. The Morgan fingerprint density at radius 3 is 1.10 bits per heavy atom. The Kier molecular flexibility index (Phi) is 7.53. The molecule has 0 N–H and O–H groups in total. The van der Waals surface area contributed by atoms with Crippen molar-refractivity contribution >= 4 is 49.5 Å². The minimum atomic E-state index is -3.02. The number of carbonyl (C=O) groups is 3. The summed E-state index contributed by atoms with van der Waals surface area (Å²) in [6, 6.07) is 22.0. The van der Waals surface area contributed by atoms with Crippen LogP contribution in [0.5, 0.6) is 0 Å². The van der Waals surface area contributed by atoms with Crippen LogP contribution in [0.4, 0.5) is 0 Å². The zero-order valence-corrected chi connectivity index (χ0v) is 20.8. The van der Waals surface area contributed by atoms with Gasteiger partial charge in [0.2, 0.25) is 0 Å². The van der Waals surface area contributed by atoms with Gasteiger partial charge in [0.05, 0.1) is 0 Å². The molecule has 31 heavy (non-hydrogen) atoms. The number of ether oxygens (including phenoxy) is 3. The molecule has 0 fully saturated rings. The first-order valence-electron chi connectivity index (χ1n) is 9.33. The third-order valence-corrected chi connectivity index (χ3v) is 13.8. The third-order valence-electron chi connectivity index (χ3n) is 4.58. The Morgan fingerprint density at radius 1 is 0.548 bits per heavy atom. The van der Waals surface area contributed by atoms with E-state index in [1.807, 2.05) is 54.6 Å². The molecule has 0 aliphatic heterocycles. The van der Waals surface area contributed by atoms with E-state index in [1.165, 1.54) is 21.3 Å². The molecule has 3 rings (SSSR count). The molecule has 6 nitrogen and oxygen atoms in total. The van der Waals surface area contributed by atoms with Crippen molar-refractivity contribution in [2.45, 2.75) is 0 Å². The monoisotopic (exact) mass is 614 g/mol. The summed E-state index contributed by atoms with van der Waals surface area (Å²) < 4.78 is 17.6. The second-order valence-corrected chi connectivity index (χ2v) is 15.1. The molecule has 0 radical (unpaired) electrons. The van der Waals surface area contributed by atoms with Gasteiger partial charge < -0.3 is 0 Å². The van der Waals surface area contributed by atoms with E-state index in [0.29, 0.717) is 16.7 Å². The Bertz CT molecular complexity index is 983. The first kappa shape index (κ1) is 22.6. The van der Waals surface area contributed by atoms with E-state index in [9.17, 15) is 14.4 Å². The van der Waals surface area contributed by atoms with E-state index in [1.54, 1.807) is 18.2 Å². The Balaban J connectivity index is 2.20. The molecule has 0 saturated heterocycles. The number of rotatable bonds is 6. The summed E-state index contributed by atoms with van der Waals surface area (Å²) in [6.45, 7) is 0. The topological polar surface area (TPSA) is 78.9 Å². The molecule has 0 spiro atoms. The van der Waals surface area contributed by atoms with Crippen molar-refractivity contribution in [1.82, 2.24) is 0 Å². The second-order valence-electron chi connectivity index (χ2n) is 6.46. The van der Waals surface area contributed by atoms with Crippen LogP contribution in [0.3, 0.4) is 0 Å². The molecule has 0 amide bonds. The van der Waals surface area contributed by atoms with Crippen molar-refractivity contribution in [3.63, 3.8) is 0 Å². The van der Waals surface area contributed by atoms with Crippen LogP contribution in [-0.4, -0.2) is 61.0 Å². The van der Waals surface area contributed by atoms with E-state index in [4.69, 9.17) is 14.2 Å². The van der Waals surface area contributed by atoms with Gasteiger partial charge in [0, 0.05) is 0 Å². The van der Waals surface area contributed by atoms with E-state index in [0.717, 1.165) is 9.81 Å². The normalized spacial score (nSPS) is 10.5. The standard InChI is InChI=1S/3C8H7O2.Bi/c3*1-10-8(9)7-5-3-2-4-6-7;/h3*2-3,5-6H,1H3;. The van der Waals surface area contributed by atoms with Crippen molar-refractivity contribution in [1.29, 1.82) is 0 Å². The van der Waals surface area contributed by atoms with Crippen molar-refractivity contribution in [2.75, 3.05) is 21.3 Å². The van der Waals surface area contributed by atoms with Crippen LogP contribution in [-0.2, 0) is 14.2 Å². The molecular formula is C24H21BiO6. The minimum absolute atomic E-state index is 0.419. The van der Waals surface area contributed by atoms with Crippen molar-refractivity contribution in [3.8, 4) is 0 Å². The van der Waals surface area contributed by atoms with Gasteiger partial charge in [-0.1, -0.05) is 0 Å². The number of hydrogen-bond donors (Lipinski definition) is 0. The summed E-state index contributed by atoms with van der Waals surface area (Å²) in [7, 11) is 4.03. The summed E-state index contributed by atoms with van der Waals surface area (Å²) in [5.41, 5.74) is 1.36. The molecule has 0 aromatic heterocycles. The summed E-state index contributed by atoms with van der Waals surface area (Å²) in [5.74, 6) is -1.26. The van der Waals surface area contributed by atoms with E-state index in [-0.39, 0.29) is 0 Å². The van der Waals surface area contributed by atoms with Crippen LogP contribution >= 0.6 is 0 Å². The Morgan fingerprint density at radius 2 is 0.839 bits per heavy atom. The number of carbonyl (C=O) groups excluding carboxylic acids is 3. The molecule has 0 unspecified atom stereocenters. The predicted molar refractivity (Wildman–Crippen MR) is 118 cm³/mol. The molecule has 158 valence electrons. The van der Waals surface area contributed by atoms with Gasteiger partial charge in [-0.25, -0.2) is 0 Å². The average molecular weight is 614 g/mol. The van der Waals surface area contributed by atoms with Crippen LogP contribution in [0, 0.1) is 0 Å². The molecule has 0 bridgehead atoms. The Labute approximate surface area is 188 Å². The molecule has 0 saturated carbocycles. The average Bonchev–Trinajstić information content (AvgIpc) is 2.83. The summed E-state index contributed by atoms with van der Waals surface area (Å²) >= 11 is -3.02. The van der Waals surface area contributed by atoms with E-state index in [2.05, 4.69) is 0 Å². The van der Waals surface area contributed by atoms with Gasteiger partial charge in [0.1, 0.15) is 0 Å². The fourth-order valence-electron chi connectivity index (χ4n) is 3.12. The zero-order valence-electron chi connectivity index (χ0n) is 17.3. The summed E-state index contributed by atoms with van der Waals surface area (Å²) in [4.78, 5) is 36.3. The zero-order chi connectivity index (χ0) is 22.4. The van der Waals surface area contributed by atoms with Gasteiger partial charge in [0.15, 0.2) is 0 Å². The fraction of sp³-hybridized carbons (Fsp3) is 0.125. The van der Waals surface area contributed by atoms with Crippen LogP contribution in [0.1, 0.15) is 31.1 Å². The first-order valence-corrected chi connectivity index (χ1v) is 14.6. The van der Waals surface area contributed by atoms with Gasteiger partial charge in [-0.05, 0) is 0 Å². The van der Waals surface area contributed by atoms with E-state index >= 15 is 0 Å². The van der Waals surface area contributed by atoms with Crippen molar-refractivity contribution in [3.05, 3.63) is 89.5 Å². The molecule has 7 heteroatoms. The molecular weight excluding hydrogens is 593 g/mol. The maximum atomic E-state index is 12.1. The second kappa shape index (κ2) is 10.3. The predicted octanol–water partition coefficient (Wildman–Crippen LogP) is 1.56. The van der Waals surface area contributed by atoms with Crippen molar-refractivity contribution < 1.29 is 28.6 Å². The first-order chi connectivity index (χ1) is 15.0. The molecule has 3 aromatic rings. The number of esters is 3. The number of hydrogen-bond acceptors (Lipinski definition) is 6. The SMILES string of the molecule is COC(=O)c1ccc[c]([Bi]([c]2cccc(C(=O)OC)c2)[c]2cccc(C(=O)OC)c2)c1. The van der Waals surface area contributed by atoms with Crippen molar-refractivity contribution in [2.24, 2.45) is 0 Å². The molecule has 3 aromatic carbocycles.